The van der Waals surface area contributed by atoms with Gasteiger partial charge in [0.15, 0.2) is 0 Å². The van der Waals surface area contributed by atoms with Gasteiger partial charge in [-0.2, -0.15) is 0 Å². The average Bonchev–Trinajstić information content (AvgIpc) is 2.30. The van der Waals surface area contributed by atoms with E-state index < -0.39 is 0 Å². The van der Waals surface area contributed by atoms with Gasteiger partial charge in [0.1, 0.15) is 5.82 Å². The number of hydrogen-bond donors (Lipinski definition) is 1. The summed E-state index contributed by atoms with van der Waals surface area (Å²) in [5.41, 5.74) is 1.17. The maximum absolute atomic E-state index is 12.7. The second kappa shape index (κ2) is 6.87. The zero-order chi connectivity index (χ0) is 10.5. The Hall–Kier alpha value is -0.600. The van der Waals surface area contributed by atoms with Crippen molar-refractivity contribution < 1.29 is 4.39 Å². The van der Waals surface area contributed by atoms with E-state index in [1.165, 1.54) is 49.8 Å². The fraction of sp³-hybridized carbons (Fsp3) is 0.538. The standard InChI is InChI=1S/C13H18FN.ClH/c14-12-8-6-11(7-9-12)10-15-13-4-2-1-3-5-13;/h6-9,13,15H,1-5,10H2;1H. The molecule has 1 aromatic rings. The molecule has 3 heteroatoms. The maximum Gasteiger partial charge on any atom is 0.123 e. The van der Waals surface area contributed by atoms with Gasteiger partial charge in [0.25, 0.3) is 0 Å². The second-order valence-corrected chi connectivity index (χ2v) is 4.34. The SMILES string of the molecule is Cl.Fc1ccc(CNC2CCCCC2)cc1. The van der Waals surface area contributed by atoms with Crippen molar-refractivity contribution in [1.29, 1.82) is 0 Å². The van der Waals surface area contributed by atoms with Gasteiger partial charge >= 0.3 is 0 Å². The number of nitrogens with one attached hydrogen (secondary N) is 1. The van der Waals surface area contributed by atoms with Gasteiger partial charge in [0, 0.05) is 12.6 Å². The number of halogens is 2. The van der Waals surface area contributed by atoms with Crippen molar-refractivity contribution >= 4 is 12.4 Å². The van der Waals surface area contributed by atoms with Crippen LogP contribution < -0.4 is 5.32 Å². The predicted octanol–water partition coefficient (Wildman–Crippen LogP) is 3.67. The van der Waals surface area contributed by atoms with E-state index in [9.17, 15) is 4.39 Å². The van der Waals surface area contributed by atoms with Crippen molar-refractivity contribution in [2.24, 2.45) is 0 Å². The first kappa shape index (κ1) is 13.5. The summed E-state index contributed by atoms with van der Waals surface area (Å²) in [5.74, 6) is -0.156. The summed E-state index contributed by atoms with van der Waals surface area (Å²) in [7, 11) is 0. The fourth-order valence-corrected chi connectivity index (χ4v) is 2.17. The van der Waals surface area contributed by atoms with Crippen molar-refractivity contribution in [2.75, 3.05) is 0 Å². The highest BCUT2D eigenvalue weighted by molar-refractivity contribution is 5.85. The summed E-state index contributed by atoms with van der Waals surface area (Å²) >= 11 is 0. The van der Waals surface area contributed by atoms with Gasteiger partial charge < -0.3 is 5.32 Å². The molecule has 0 radical (unpaired) electrons. The van der Waals surface area contributed by atoms with Gasteiger partial charge in [-0.25, -0.2) is 4.39 Å². The molecule has 0 bridgehead atoms. The number of rotatable bonds is 3. The molecule has 1 aliphatic carbocycles. The molecule has 2 rings (SSSR count). The van der Waals surface area contributed by atoms with E-state index in [1.54, 1.807) is 0 Å². The maximum atomic E-state index is 12.7. The van der Waals surface area contributed by atoms with Crippen LogP contribution in [0.5, 0.6) is 0 Å². The molecule has 16 heavy (non-hydrogen) atoms. The zero-order valence-electron chi connectivity index (χ0n) is 9.42. The van der Waals surface area contributed by atoms with Crippen molar-refractivity contribution in [1.82, 2.24) is 5.32 Å². The van der Waals surface area contributed by atoms with Gasteiger partial charge in [0.2, 0.25) is 0 Å². The van der Waals surface area contributed by atoms with Gasteiger partial charge in [-0.3, -0.25) is 0 Å². The molecular formula is C13H19ClFN. The molecular weight excluding hydrogens is 225 g/mol. The Bertz CT molecular complexity index is 293. The first-order valence-corrected chi connectivity index (χ1v) is 5.82. The monoisotopic (exact) mass is 243 g/mol. The molecule has 0 saturated heterocycles. The third kappa shape index (κ3) is 4.11. The van der Waals surface area contributed by atoms with Crippen molar-refractivity contribution in [3.05, 3.63) is 35.6 Å². The van der Waals surface area contributed by atoms with Crippen molar-refractivity contribution in [3.8, 4) is 0 Å². The van der Waals surface area contributed by atoms with Crippen molar-refractivity contribution in [3.63, 3.8) is 0 Å². The minimum absolute atomic E-state index is 0. The number of hydrogen-bond acceptors (Lipinski definition) is 1. The summed E-state index contributed by atoms with van der Waals surface area (Å²) in [6, 6.07) is 7.43. The molecule has 0 spiro atoms. The Kier molecular flexibility index (Phi) is 5.78. The van der Waals surface area contributed by atoms with Crippen LogP contribution in [0.1, 0.15) is 37.7 Å². The summed E-state index contributed by atoms with van der Waals surface area (Å²) in [6.07, 6.45) is 6.67. The molecule has 1 nitrogen and oxygen atoms in total. The summed E-state index contributed by atoms with van der Waals surface area (Å²) in [4.78, 5) is 0. The van der Waals surface area contributed by atoms with Crippen LogP contribution in [0, 0.1) is 5.82 Å². The molecule has 0 heterocycles. The van der Waals surface area contributed by atoms with Crippen LogP contribution in [0.15, 0.2) is 24.3 Å². The molecule has 1 N–H and O–H groups in total. The Morgan fingerprint density at radius 2 is 1.69 bits per heavy atom. The molecule has 1 aliphatic rings. The van der Waals surface area contributed by atoms with E-state index in [-0.39, 0.29) is 18.2 Å². The third-order valence-corrected chi connectivity index (χ3v) is 3.11. The molecule has 1 saturated carbocycles. The summed E-state index contributed by atoms with van der Waals surface area (Å²) in [6.45, 7) is 0.866. The minimum atomic E-state index is -0.156. The first-order chi connectivity index (χ1) is 7.34. The molecule has 0 aromatic heterocycles. The fourth-order valence-electron chi connectivity index (χ4n) is 2.17. The van der Waals surface area contributed by atoms with Crippen LogP contribution in [0.4, 0.5) is 4.39 Å². The molecule has 1 aromatic carbocycles. The van der Waals surface area contributed by atoms with Crippen LogP contribution in [0.2, 0.25) is 0 Å². The van der Waals surface area contributed by atoms with Gasteiger partial charge in [0.05, 0.1) is 0 Å². The topological polar surface area (TPSA) is 12.0 Å². The summed E-state index contributed by atoms with van der Waals surface area (Å²) < 4.78 is 12.7. The van der Waals surface area contributed by atoms with Crippen LogP contribution >= 0.6 is 12.4 Å². The van der Waals surface area contributed by atoms with Gasteiger partial charge in [-0.15, -0.1) is 12.4 Å². The molecule has 90 valence electrons. The Morgan fingerprint density at radius 1 is 1.06 bits per heavy atom. The molecule has 0 atom stereocenters. The molecule has 0 unspecified atom stereocenters. The van der Waals surface area contributed by atoms with Gasteiger partial charge in [-0.1, -0.05) is 31.4 Å². The quantitative estimate of drug-likeness (QED) is 0.854. The van der Waals surface area contributed by atoms with E-state index >= 15 is 0 Å². The van der Waals surface area contributed by atoms with E-state index in [0.29, 0.717) is 6.04 Å². The number of benzene rings is 1. The molecule has 1 fully saturated rings. The van der Waals surface area contributed by atoms with Gasteiger partial charge in [-0.05, 0) is 30.5 Å². The minimum Gasteiger partial charge on any atom is -0.310 e. The average molecular weight is 244 g/mol. The normalized spacial score (nSPS) is 16.8. The lowest BCUT2D eigenvalue weighted by atomic mass is 9.95. The van der Waals surface area contributed by atoms with E-state index in [0.717, 1.165) is 6.54 Å². The predicted molar refractivity (Wildman–Crippen MR) is 67.4 cm³/mol. The zero-order valence-corrected chi connectivity index (χ0v) is 10.2. The summed E-state index contributed by atoms with van der Waals surface area (Å²) in [5, 5.41) is 3.53. The highest BCUT2D eigenvalue weighted by Gasteiger charge is 2.11. The van der Waals surface area contributed by atoms with E-state index in [2.05, 4.69) is 5.32 Å². The molecule has 0 amide bonds. The Labute approximate surface area is 103 Å². The lowest BCUT2D eigenvalue weighted by Gasteiger charge is -2.22. The van der Waals surface area contributed by atoms with E-state index in [1.807, 2.05) is 12.1 Å². The highest BCUT2D eigenvalue weighted by atomic mass is 35.5. The lowest BCUT2D eigenvalue weighted by Crippen LogP contribution is -2.30. The Morgan fingerprint density at radius 3 is 2.31 bits per heavy atom. The lowest BCUT2D eigenvalue weighted by molar-refractivity contribution is 0.372. The van der Waals surface area contributed by atoms with E-state index in [4.69, 9.17) is 0 Å². The third-order valence-electron chi connectivity index (χ3n) is 3.11. The first-order valence-electron chi connectivity index (χ1n) is 5.82. The van der Waals surface area contributed by atoms with Crippen molar-refractivity contribution in [2.45, 2.75) is 44.7 Å². The van der Waals surface area contributed by atoms with Crippen LogP contribution in [-0.2, 0) is 6.54 Å². The second-order valence-electron chi connectivity index (χ2n) is 4.34. The van der Waals surface area contributed by atoms with Crippen LogP contribution in [0.3, 0.4) is 0 Å². The molecule has 0 aliphatic heterocycles. The van der Waals surface area contributed by atoms with Crippen LogP contribution in [-0.4, -0.2) is 6.04 Å². The largest absolute Gasteiger partial charge is 0.310 e. The van der Waals surface area contributed by atoms with Crippen LogP contribution in [0.25, 0.3) is 0 Å². The Balaban J connectivity index is 0.00000128. The highest BCUT2D eigenvalue weighted by Crippen LogP contribution is 2.17. The smallest absolute Gasteiger partial charge is 0.123 e.